The van der Waals surface area contributed by atoms with E-state index in [1.807, 2.05) is 37.3 Å². The van der Waals surface area contributed by atoms with Crippen LogP contribution >= 0.6 is 12.2 Å². The van der Waals surface area contributed by atoms with Crippen LogP contribution in [-0.4, -0.2) is 24.1 Å². The molecule has 0 radical (unpaired) electrons. The summed E-state index contributed by atoms with van der Waals surface area (Å²) in [6.45, 7) is 2.93. The number of thiocarbonyl (C=S) groups is 1. The number of aryl methyl sites for hydroxylation is 1. The van der Waals surface area contributed by atoms with Crippen LogP contribution in [0.3, 0.4) is 0 Å². The quantitative estimate of drug-likeness (QED) is 0.673. The second kappa shape index (κ2) is 7.77. The third-order valence-corrected chi connectivity index (χ3v) is 3.40. The number of anilines is 1. The number of rotatable bonds is 3. The zero-order valence-electron chi connectivity index (χ0n) is 13.7. The lowest BCUT2D eigenvalue weighted by Crippen LogP contribution is -2.19. The number of nitrogens with zero attached hydrogens (tertiary/aromatic N) is 1. The maximum atomic E-state index is 5.54. The standard InChI is InChI=1S/C19H21N3S/c1-14-4-5-16(12-18(14)21-19(20)23)9-6-15-7-10-17(11-8-15)13-22(2)3/h4-5,7-8,10-12H,13H2,1-3H3,(H3,20,21,23). The van der Waals surface area contributed by atoms with Gasteiger partial charge in [-0.15, -0.1) is 0 Å². The molecule has 0 saturated carbocycles. The monoisotopic (exact) mass is 323 g/mol. The first-order valence-electron chi connectivity index (χ1n) is 7.37. The summed E-state index contributed by atoms with van der Waals surface area (Å²) in [6, 6.07) is 14.3. The van der Waals surface area contributed by atoms with Gasteiger partial charge in [-0.2, -0.15) is 0 Å². The summed E-state index contributed by atoms with van der Waals surface area (Å²) in [6.07, 6.45) is 0. The van der Waals surface area contributed by atoms with E-state index in [0.717, 1.165) is 28.9 Å². The molecule has 0 heterocycles. The van der Waals surface area contributed by atoms with E-state index in [1.54, 1.807) is 0 Å². The van der Waals surface area contributed by atoms with Crippen molar-refractivity contribution in [2.24, 2.45) is 5.73 Å². The van der Waals surface area contributed by atoms with Crippen LogP contribution in [0.2, 0.25) is 0 Å². The summed E-state index contributed by atoms with van der Waals surface area (Å²) < 4.78 is 0. The molecule has 23 heavy (non-hydrogen) atoms. The summed E-state index contributed by atoms with van der Waals surface area (Å²) in [5, 5.41) is 3.23. The molecule has 2 aromatic carbocycles. The topological polar surface area (TPSA) is 41.3 Å². The predicted octanol–water partition coefficient (Wildman–Crippen LogP) is 3.11. The van der Waals surface area contributed by atoms with E-state index < -0.39 is 0 Å². The number of nitrogens with two attached hydrogens (primary N) is 1. The van der Waals surface area contributed by atoms with Crippen LogP contribution in [0.15, 0.2) is 42.5 Å². The van der Waals surface area contributed by atoms with Crippen molar-refractivity contribution in [2.45, 2.75) is 13.5 Å². The van der Waals surface area contributed by atoms with Crippen molar-refractivity contribution in [2.75, 3.05) is 19.4 Å². The molecule has 0 aromatic heterocycles. The largest absolute Gasteiger partial charge is 0.376 e. The van der Waals surface area contributed by atoms with Gasteiger partial charge >= 0.3 is 0 Å². The van der Waals surface area contributed by atoms with Gasteiger partial charge in [0.05, 0.1) is 0 Å². The maximum Gasteiger partial charge on any atom is 0.168 e. The van der Waals surface area contributed by atoms with E-state index in [1.165, 1.54) is 5.56 Å². The van der Waals surface area contributed by atoms with Gasteiger partial charge in [0.2, 0.25) is 0 Å². The van der Waals surface area contributed by atoms with Crippen molar-refractivity contribution in [3.05, 3.63) is 64.7 Å². The highest BCUT2D eigenvalue weighted by Crippen LogP contribution is 2.16. The molecule has 118 valence electrons. The van der Waals surface area contributed by atoms with Crippen LogP contribution in [0.4, 0.5) is 5.69 Å². The minimum Gasteiger partial charge on any atom is -0.376 e. The van der Waals surface area contributed by atoms with Gasteiger partial charge in [-0.3, -0.25) is 0 Å². The van der Waals surface area contributed by atoms with Crippen molar-refractivity contribution < 1.29 is 0 Å². The molecule has 4 heteroatoms. The number of benzene rings is 2. The SMILES string of the molecule is Cc1ccc(C#Cc2ccc(CN(C)C)cc2)cc1NC(N)=S. The molecule has 0 atom stereocenters. The molecule has 0 aliphatic heterocycles. The average molecular weight is 323 g/mol. The molecule has 0 unspecified atom stereocenters. The van der Waals surface area contributed by atoms with Crippen molar-refractivity contribution in [1.82, 2.24) is 4.90 Å². The van der Waals surface area contributed by atoms with Gasteiger partial charge in [0.1, 0.15) is 0 Å². The molecule has 2 aromatic rings. The van der Waals surface area contributed by atoms with E-state index in [9.17, 15) is 0 Å². The Labute approximate surface area is 143 Å². The Morgan fingerprint density at radius 1 is 1.09 bits per heavy atom. The second-order valence-electron chi connectivity index (χ2n) is 5.70. The van der Waals surface area contributed by atoms with E-state index in [0.29, 0.717) is 0 Å². The first-order valence-corrected chi connectivity index (χ1v) is 7.77. The van der Waals surface area contributed by atoms with Crippen LogP contribution in [-0.2, 0) is 6.54 Å². The van der Waals surface area contributed by atoms with Crippen molar-refractivity contribution >= 4 is 23.0 Å². The van der Waals surface area contributed by atoms with Crippen LogP contribution in [0.25, 0.3) is 0 Å². The molecule has 0 aliphatic carbocycles. The number of hydrogen-bond acceptors (Lipinski definition) is 2. The van der Waals surface area contributed by atoms with E-state index in [2.05, 4.69) is 48.3 Å². The first kappa shape index (κ1) is 17.0. The van der Waals surface area contributed by atoms with Crippen molar-refractivity contribution in [3.63, 3.8) is 0 Å². The molecular formula is C19H21N3S. The van der Waals surface area contributed by atoms with Gasteiger partial charge in [-0.05, 0) is 68.6 Å². The number of nitrogens with one attached hydrogen (secondary N) is 1. The Morgan fingerprint density at radius 3 is 2.30 bits per heavy atom. The molecule has 3 N–H and O–H groups in total. The first-order chi connectivity index (χ1) is 10.9. The lowest BCUT2D eigenvalue weighted by Gasteiger charge is -2.09. The third kappa shape index (κ3) is 5.41. The lowest BCUT2D eigenvalue weighted by atomic mass is 10.1. The zero-order chi connectivity index (χ0) is 16.8. The molecule has 0 spiro atoms. The molecule has 0 fully saturated rings. The normalized spacial score (nSPS) is 10.1. The Morgan fingerprint density at radius 2 is 1.70 bits per heavy atom. The highest BCUT2D eigenvalue weighted by Gasteiger charge is 2.00. The lowest BCUT2D eigenvalue weighted by molar-refractivity contribution is 0.402. The summed E-state index contributed by atoms with van der Waals surface area (Å²) in [4.78, 5) is 2.14. The van der Waals surface area contributed by atoms with Crippen LogP contribution in [0.5, 0.6) is 0 Å². The fraction of sp³-hybridized carbons (Fsp3) is 0.211. The molecule has 0 aliphatic rings. The van der Waals surface area contributed by atoms with Gasteiger partial charge in [0, 0.05) is 23.4 Å². The fourth-order valence-corrected chi connectivity index (χ4v) is 2.28. The van der Waals surface area contributed by atoms with Gasteiger partial charge in [-0.1, -0.05) is 30.0 Å². The van der Waals surface area contributed by atoms with Gasteiger partial charge in [-0.25, -0.2) is 0 Å². The molecule has 2 rings (SSSR count). The van der Waals surface area contributed by atoms with Crippen molar-refractivity contribution in [1.29, 1.82) is 0 Å². The van der Waals surface area contributed by atoms with Crippen LogP contribution in [0.1, 0.15) is 22.3 Å². The minimum atomic E-state index is 0.259. The zero-order valence-corrected chi connectivity index (χ0v) is 14.5. The maximum absolute atomic E-state index is 5.54. The van der Waals surface area contributed by atoms with E-state index >= 15 is 0 Å². The van der Waals surface area contributed by atoms with E-state index in [-0.39, 0.29) is 5.11 Å². The fourth-order valence-electron chi connectivity index (χ4n) is 2.17. The molecular weight excluding hydrogens is 302 g/mol. The highest BCUT2D eigenvalue weighted by atomic mass is 32.1. The van der Waals surface area contributed by atoms with Crippen LogP contribution < -0.4 is 11.1 Å². The van der Waals surface area contributed by atoms with Gasteiger partial charge in [0.25, 0.3) is 0 Å². The summed E-state index contributed by atoms with van der Waals surface area (Å²) in [5.74, 6) is 6.36. The molecule has 3 nitrogen and oxygen atoms in total. The summed E-state index contributed by atoms with van der Waals surface area (Å²) >= 11 is 4.89. The third-order valence-electron chi connectivity index (χ3n) is 3.30. The summed E-state index contributed by atoms with van der Waals surface area (Å²) in [7, 11) is 4.12. The van der Waals surface area contributed by atoms with Gasteiger partial charge < -0.3 is 16.0 Å². The molecule has 0 amide bonds. The highest BCUT2D eigenvalue weighted by molar-refractivity contribution is 7.80. The second-order valence-corrected chi connectivity index (χ2v) is 6.14. The Hall–Kier alpha value is -2.35. The Kier molecular flexibility index (Phi) is 5.75. The molecule has 0 saturated heterocycles. The van der Waals surface area contributed by atoms with Crippen LogP contribution in [0, 0.1) is 18.8 Å². The average Bonchev–Trinajstić information content (AvgIpc) is 2.48. The van der Waals surface area contributed by atoms with Crippen molar-refractivity contribution in [3.8, 4) is 11.8 Å². The van der Waals surface area contributed by atoms with Gasteiger partial charge in [0.15, 0.2) is 5.11 Å². The Bertz CT molecular complexity index is 752. The summed E-state index contributed by atoms with van der Waals surface area (Å²) in [5.41, 5.74) is 10.7. The van der Waals surface area contributed by atoms with E-state index in [4.69, 9.17) is 18.0 Å². The smallest absolute Gasteiger partial charge is 0.168 e. The molecule has 0 bridgehead atoms. The Balaban J connectivity index is 2.16. The predicted molar refractivity (Wildman–Crippen MR) is 101 cm³/mol. The number of hydrogen-bond donors (Lipinski definition) is 2. The minimum absolute atomic E-state index is 0.259.